The van der Waals surface area contributed by atoms with E-state index in [-0.39, 0.29) is 36.1 Å². The summed E-state index contributed by atoms with van der Waals surface area (Å²) in [7, 11) is 0. The fourth-order valence-electron chi connectivity index (χ4n) is 1.99. The summed E-state index contributed by atoms with van der Waals surface area (Å²) < 4.78 is 54.4. The van der Waals surface area contributed by atoms with Crippen LogP contribution in [0.5, 0.6) is 5.88 Å². The van der Waals surface area contributed by atoms with E-state index in [9.17, 15) is 27.2 Å². The molecular formula is C18H18F4N4O3. The Morgan fingerprint density at radius 2 is 1.97 bits per heavy atom. The highest BCUT2D eigenvalue weighted by Crippen LogP contribution is 2.23. The van der Waals surface area contributed by atoms with Crippen molar-refractivity contribution in [3.63, 3.8) is 0 Å². The van der Waals surface area contributed by atoms with Crippen LogP contribution in [0.4, 0.5) is 23.4 Å². The van der Waals surface area contributed by atoms with Gasteiger partial charge in [-0.1, -0.05) is 13.0 Å². The van der Waals surface area contributed by atoms with Crippen molar-refractivity contribution in [2.45, 2.75) is 32.2 Å². The average molecular weight is 414 g/mol. The summed E-state index contributed by atoms with van der Waals surface area (Å²) in [4.78, 5) is 31.3. The molecule has 2 amide bonds. The number of amides is 2. The number of hydrogen-bond donors (Lipinski definition) is 2. The van der Waals surface area contributed by atoms with Gasteiger partial charge in [-0.25, -0.2) is 18.7 Å². The zero-order valence-electron chi connectivity index (χ0n) is 15.3. The number of hydrogen-bond acceptors (Lipinski definition) is 5. The minimum absolute atomic E-state index is 0.0677. The molecule has 11 heteroatoms. The van der Waals surface area contributed by atoms with Gasteiger partial charge in [0.1, 0.15) is 5.82 Å². The fourth-order valence-corrected chi connectivity index (χ4v) is 1.99. The van der Waals surface area contributed by atoms with Crippen LogP contribution in [-0.4, -0.2) is 40.7 Å². The Balaban J connectivity index is 1.89. The van der Waals surface area contributed by atoms with Crippen LogP contribution in [0, 0.1) is 0 Å². The first kappa shape index (κ1) is 22.1. The summed E-state index contributed by atoms with van der Waals surface area (Å²) >= 11 is 0. The Bertz CT molecular complexity index is 847. The van der Waals surface area contributed by atoms with Crippen LogP contribution in [0.2, 0.25) is 0 Å². The van der Waals surface area contributed by atoms with Crippen molar-refractivity contribution in [3.05, 3.63) is 47.8 Å². The molecule has 0 aliphatic heterocycles. The number of nitrogens with one attached hydrogen (secondary N) is 2. The monoisotopic (exact) mass is 414 g/mol. The van der Waals surface area contributed by atoms with Gasteiger partial charge in [0.25, 0.3) is 5.91 Å². The predicted octanol–water partition coefficient (Wildman–Crippen LogP) is 3.03. The number of pyridine rings is 2. The lowest BCUT2D eigenvalue weighted by molar-refractivity contribution is -0.148. The van der Waals surface area contributed by atoms with Crippen molar-refractivity contribution in [1.82, 2.24) is 15.3 Å². The van der Waals surface area contributed by atoms with Crippen LogP contribution in [0.25, 0.3) is 0 Å². The molecule has 2 aromatic rings. The van der Waals surface area contributed by atoms with Crippen molar-refractivity contribution in [2.75, 3.05) is 11.9 Å². The number of carbonyl (C=O) groups is 2. The van der Waals surface area contributed by atoms with Crippen LogP contribution in [0.15, 0.2) is 36.7 Å². The summed E-state index contributed by atoms with van der Waals surface area (Å²) in [6, 6.07) is 5.56. The molecule has 29 heavy (non-hydrogen) atoms. The van der Waals surface area contributed by atoms with Crippen LogP contribution >= 0.6 is 0 Å². The number of ether oxygens (including phenoxy) is 1. The van der Waals surface area contributed by atoms with Gasteiger partial charge < -0.3 is 15.4 Å². The SMILES string of the molecule is CCC(=O)Nc1cc(C(=O)NCc2ccc(OCC(F)(F)C(F)F)nc2)ccn1. The standard InChI is InChI=1S/C18H18F4N4O3/c1-2-14(27)26-13-7-12(5-6-23-13)16(28)25-9-11-3-4-15(24-8-11)29-10-18(21,22)17(19)20/h3-8,17H,2,9-10H2,1H3,(H,25,28)(H,23,26,27). The zero-order valence-corrected chi connectivity index (χ0v) is 15.3. The maximum absolute atomic E-state index is 12.8. The molecule has 0 spiro atoms. The first-order valence-electron chi connectivity index (χ1n) is 8.49. The second-order valence-corrected chi connectivity index (χ2v) is 5.87. The molecule has 2 N–H and O–H groups in total. The molecule has 0 fully saturated rings. The average Bonchev–Trinajstić information content (AvgIpc) is 2.71. The second-order valence-electron chi connectivity index (χ2n) is 5.87. The maximum Gasteiger partial charge on any atom is 0.340 e. The summed E-state index contributed by atoms with van der Waals surface area (Å²) in [6.45, 7) is 0.256. The van der Waals surface area contributed by atoms with E-state index in [1.165, 1.54) is 36.7 Å². The Morgan fingerprint density at radius 3 is 2.59 bits per heavy atom. The number of anilines is 1. The Labute approximate surface area is 163 Å². The summed E-state index contributed by atoms with van der Waals surface area (Å²) in [5, 5.41) is 5.16. The molecule has 0 atom stereocenters. The van der Waals surface area contributed by atoms with Crippen LogP contribution in [-0.2, 0) is 11.3 Å². The Morgan fingerprint density at radius 1 is 1.21 bits per heavy atom. The van der Waals surface area contributed by atoms with E-state index >= 15 is 0 Å². The number of aromatic nitrogens is 2. The lowest BCUT2D eigenvalue weighted by atomic mass is 10.2. The molecule has 0 saturated heterocycles. The Hall–Kier alpha value is -3.24. The molecular weight excluding hydrogens is 396 g/mol. The minimum atomic E-state index is -4.27. The third kappa shape index (κ3) is 6.70. The maximum atomic E-state index is 12.8. The van der Waals surface area contributed by atoms with Gasteiger partial charge in [-0.3, -0.25) is 9.59 Å². The number of halogens is 4. The quantitative estimate of drug-likeness (QED) is 0.616. The summed E-state index contributed by atoms with van der Waals surface area (Å²) in [5.74, 6) is -4.95. The van der Waals surface area contributed by atoms with Crippen molar-refractivity contribution in [2.24, 2.45) is 0 Å². The third-order valence-corrected chi connectivity index (χ3v) is 3.59. The largest absolute Gasteiger partial charge is 0.471 e. The van der Waals surface area contributed by atoms with Gasteiger partial charge in [-0.2, -0.15) is 8.78 Å². The van der Waals surface area contributed by atoms with Gasteiger partial charge in [-0.15, -0.1) is 0 Å². The highest BCUT2D eigenvalue weighted by atomic mass is 19.3. The van der Waals surface area contributed by atoms with Gasteiger partial charge in [0.15, 0.2) is 6.61 Å². The van der Waals surface area contributed by atoms with E-state index in [0.29, 0.717) is 5.56 Å². The van der Waals surface area contributed by atoms with Crippen LogP contribution in [0.3, 0.4) is 0 Å². The normalized spacial score (nSPS) is 11.2. The molecule has 0 aromatic carbocycles. The smallest absolute Gasteiger partial charge is 0.340 e. The van der Waals surface area contributed by atoms with E-state index in [1.54, 1.807) is 6.92 Å². The second kappa shape index (κ2) is 9.80. The molecule has 0 bridgehead atoms. The van der Waals surface area contributed by atoms with Gasteiger partial charge >= 0.3 is 12.3 Å². The number of alkyl halides is 4. The van der Waals surface area contributed by atoms with Gasteiger partial charge in [-0.05, 0) is 17.7 Å². The highest BCUT2D eigenvalue weighted by Gasteiger charge is 2.41. The molecule has 2 aromatic heterocycles. The molecule has 156 valence electrons. The van der Waals surface area contributed by atoms with Gasteiger partial charge in [0.05, 0.1) is 0 Å². The molecule has 0 saturated carbocycles. The molecule has 0 aliphatic carbocycles. The van der Waals surface area contributed by atoms with E-state index in [0.717, 1.165) is 0 Å². The van der Waals surface area contributed by atoms with Crippen molar-refractivity contribution < 1.29 is 31.9 Å². The lowest BCUT2D eigenvalue weighted by Crippen LogP contribution is -2.33. The zero-order chi connectivity index (χ0) is 21.4. The molecule has 0 radical (unpaired) electrons. The predicted molar refractivity (Wildman–Crippen MR) is 95.0 cm³/mol. The molecule has 7 nitrogen and oxygen atoms in total. The van der Waals surface area contributed by atoms with Crippen LogP contribution < -0.4 is 15.4 Å². The van der Waals surface area contributed by atoms with Crippen molar-refractivity contribution in [1.29, 1.82) is 0 Å². The molecule has 2 heterocycles. The fraction of sp³-hybridized carbons (Fsp3) is 0.333. The van der Waals surface area contributed by atoms with E-state index in [1.807, 2.05) is 0 Å². The van der Waals surface area contributed by atoms with E-state index in [2.05, 4.69) is 25.3 Å². The molecule has 0 aliphatic rings. The summed E-state index contributed by atoms with van der Waals surface area (Å²) in [6.07, 6.45) is -0.926. The first-order chi connectivity index (χ1) is 13.7. The molecule has 2 rings (SSSR count). The van der Waals surface area contributed by atoms with E-state index in [4.69, 9.17) is 0 Å². The first-order valence-corrected chi connectivity index (χ1v) is 8.49. The van der Waals surface area contributed by atoms with Crippen molar-refractivity contribution in [3.8, 4) is 5.88 Å². The highest BCUT2D eigenvalue weighted by molar-refractivity contribution is 5.96. The van der Waals surface area contributed by atoms with E-state index < -0.39 is 24.9 Å². The van der Waals surface area contributed by atoms with Gasteiger partial charge in [0, 0.05) is 37.0 Å². The van der Waals surface area contributed by atoms with Crippen molar-refractivity contribution >= 4 is 17.6 Å². The topological polar surface area (TPSA) is 93.2 Å². The number of rotatable bonds is 9. The number of nitrogens with zero attached hydrogens (tertiary/aromatic N) is 2. The molecule has 0 unspecified atom stereocenters. The minimum Gasteiger partial charge on any atom is -0.471 e. The third-order valence-electron chi connectivity index (χ3n) is 3.59. The number of carbonyl (C=O) groups excluding carboxylic acids is 2. The van der Waals surface area contributed by atoms with Gasteiger partial charge in [0.2, 0.25) is 11.8 Å². The van der Waals surface area contributed by atoms with Crippen LogP contribution in [0.1, 0.15) is 29.3 Å². The Kier molecular flexibility index (Phi) is 7.46. The lowest BCUT2D eigenvalue weighted by Gasteiger charge is -2.15. The summed E-state index contributed by atoms with van der Waals surface area (Å²) in [5.41, 5.74) is 0.799.